The third kappa shape index (κ3) is 3.44. The highest BCUT2D eigenvalue weighted by molar-refractivity contribution is 6.32. The van der Waals surface area contributed by atoms with Crippen LogP contribution in [0.4, 0.5) is 5.69 Å². The molecule has 19 heavy (non-hydrogen) atoms. The Kier molecular flexibility index (Phi) is 4.37. The maximum Gasteiger partial charge on any atom is 0.288 e. The molecule has 1 aromatic rings. The molecule has 0 spiro atoms. The number of nitrogens with zero attached hydrogens (tertiary/aromatic N) is 1. The van der Waals surface area contributed by atoms with Crippen molar-refractivity contribution in [2.75, 3.05) is 6.54 Å². The van der Waals surface area contributed by atoms with Crippen molar-refractivity contribution < 1.29 is 9.72 Å². The first kappa shape index (κ1) is 13.8. The van der Waals surface area contributed by atoms with Gasteiger partial charge in [0.15, 0.2) is 0 Å². The summed E-state index contributed by atoms with van der Waals surface area (Å²) in [5.74, 6) is 0.430. The van der Waals surface area contributed by atoms with Crippen LogP contribution in [0.15, 0.2) is 18.2 Å². The predicted octanol–water partition coefficient (Wildman–Crippen LogP) is 3.17. The van der Waals surface area contributed by atoms with Gasteiger partial charge in [0.1, 0.15) is 5.02 Å². The molecule has 1 N–H and O–H groups in total. The van der Waals surface area contributed by atoms with E-state index in [2.05, 4.69) is 5.32 Å². The Labute approximate surface area is 116 Å². The highest BCUT2D eigenvalue weighted by atomic mass is 35.5. The standard InChI is InChI=1S/C13H15ClN2O3/c14-11-5-4-10(8-12(11)16(18)19)13(17)15-7-6-9-2-1-3-9/h4-5,8-9H,1-3,6-7H2,(H,15,17). The van der Waals surface area contributed by atoms with Gasteiger partial charge in [-0.05, 0) is 24.5 Å². The molecule has 1 fully saturated rings. The molecule has 6 heteroatoms. The minimum absolute atomic E-state index is 0.0380. The highest BCUT2D eigenvalue weighted by Gasteiger charge is 2.18. The molecule has 0 atom stereocenters. The lowest BCUT2D eigenvalue weighted by Crippen LogP contribution is -2.27. The number of nitro groups is 1. The second-order valence-electron chi connectivity index (χ2n) is 4.76. The largest absolute Gasteiger partial charge is 0.352 e. The minimum atomic E-state index is -0.590. The Bertz CT molecular complexity index is 501. The summed E-state index contributed by atoms with van der Waals surface area (Å²) in [6, 6.07) is 4.08. The van der Waals surface area contributed by atoms with E-state index in [0.29, 0.717) is 6.54 Å². The Morgan fingerprint density at radius 1 is 1.47 bits per heavy atom. The van der Waals surface area contributed by atoms with Crippen LogP contribution in [0, 0.1) is 16.0 Å². The minimum Gasteiger partial charge on any atom is -0.352 e. The molecule has 1 amide bonds. The maximum atomic E-state index is 11.8. The Hall–Kier alpha value is -1.62. The number of nitro benzene ring substituents is 1. The number of amides is 1. The van der Waals surface area contributed by atoms with Gasteiger partial charge in [-0.1, -0.05) is 30.9 Å². The molecular formula is C13H15ClN2O3. The van der Waals surface area contributed by atoms with Crippen molar-refractivity contribution in [1.29, 1.82) is 0 Å². The van der Waals surface area contributed by atoms with E-state index in [1.165, 1.54) is 37.5 Å². The van der Waals surface area contributed by atoms with Gasteiger partial charge in [0.05, 0.1) is 4.92 Å². The number of hydrogen-bond donors (Lipinski definition) is 1. The molecule has 0 heterocycles. The second-order valence-corrected chi connectivity index (χ2v) is 5.17. The van der Waals surface area contributed by atoms with Gasteiger partial charge >= 0.3 is 0 Å². The van der Waals surface area contributed by atoms with Crippen LogP contribution in [-0.4, -0.2) is 17.4 Å². The van der Waals surface area contributed by atoms with Crippen LogP contribution in [-0.2, 0) is 0 Å². The fraction of sp³-hybridized carbons (Fsp3) is 0.462. The van der Waals surface area contributed by atoms with Crippen LogP contribution in [0.25, 0.3) is 0 Å². The smallest absolute Gasteiger partial charge is 0.288 e. The highest BCUT2D eigenvalue weighted by Crippen LogP contribution is 2.29. The molecule has 0 aromatic heterocycles. The van der Waals surface area contributed by atoms with Crippen molar-refractivity contribution in [2.45, 2.75) is 25.7 Å². The van der Waals surface area contributed by atoms with E-state index in [1.807, 2.05) is 0 Å². The number of carbonyl (C=O) groups is 1. The number of halogens is 1. The summed E-state index contributed by atoms with van der Waals surface area (Å²) in [6.45, 7) is 0.611. The first-order valence-corrected chi connectivity index (χ1v) is 6.68. The summed E-state index contributed by atoms with van der Waals surface area (Å²) in [5, 5.41) is 13.6. The van der Waals surface area contributed by atoms with E-state index in [4.69, 9.17) is 11.6 Å². The van der Waals surface area contributed by atoms with E-state index in [9.17, 15) is 14.9 Å². The number of carbonyl (C=O) groups excluding carboxylic acids is 1. The van der Waals surface area contributed by atoms with Crippen LogP contribution in [0.2, 0.25) is 5.02 Å². The second kappa shape index (κ2) is 6.02. The van der Waals surface area contributed by atoms with E-state index in [0.717, 1.165) is 12.3 Å². The van der Waals surface area contributed by atoms with Crippen LogP contribution >= 0.6 is 11.6 Å². The van der Waals surface area contributed by atoms with E-state index < -0.39 is 4.92 Å². The van der Waals surface area contributed by atoms with Gasteiger partial charge in [-0.25, -0.2) is 0 Å². The average molecular weight is 283 g/mol. The summed E-state index contributed by atoms with van der Waals surface area (Å²) in [4.78, 5) is 22.0. The molecule has 0 aliphatic heterocycles. The fourth-order valence-corrected chi connectivity index (χ4v) is 2.25. The van der Waals surface area contributed by atoms with Crippen LogP contribution in [0.1, 0.15) is 36.0 Å². The molecule has 1 aromatic carbocycles. The molecule has 0 radical (unpaired) electrons. The van der Waals surface area contributed by atoms with Crippen LogP contribution in [0.3, 0.4) is 0 Å². The van der Waals surface area contributed by atoms with E-state index in [-0.39, 0.29) is 22.2 Å². The van der Waals surface area contributed by atoms with Gasteiger partial charge in [-0.3, -0.25) is 14.9 Å². The Morgan fingerprint density at radius 2 is 2.21 bits per heavy atom. The molecule has 1 saturated carbocycles. The van der Waals surface area contributed by atoms with Gasteiger partial charge in [0.2, 0.25) is 0 Å². The van der Waals surface area contributed by atoms with Gasteiger partial charge in [-0.2, -0.15) is 0 Å². The van der Waals surface area contributed by atoms with Crippen molar-refractivity contribution in [1.82, 2.24) is 5.32 Å². The maximum absolute atomic E-state index is 11.8. The lowest BCUT2D eigenvalue weighted by atomic mass is 9.83. The summed E-state index contributed by atoms with van der Waals surface area (Å²) < 4.78 is 0. The predicted molar refractivity (Wildman–Crippen MR) is 72.4 cm³/mol. The topological polar surface area (TPSA) is 72.2 Å². The Morgan fingerprint density at radius 3 is 2.79 bits per heavy atom. The fourth-order valence-electron chi connectivity index (χ4n) is 2.07. The molecule has 2 rings (SSSR count). The van der Waals surface area contributed by atoms with Crippen molar-refractivity contribution in [3.05, 3.63) is 38.9 Å². The molecular weight excluding hydrogens is 268 g/mol. The van der Waals surface area contributed by atoms with Gasteiger partial charge in [0.25, 0.3) is 11.6 Å². The van der Waals surface area contributed by atoms with Crippen molar-refractivity contribution in [3.63, 3.8) is 0 Å². The molecule has 0 unspecified atom stereocenters. The number of rotatable bonds is 5. The summed E-state index contributed by atoms with van der Waals surface area (Å²) in [5.41, 5.74) is 0.0259. The third-order valence-corrected chi connectivity index (χ3v) is 3.79. The zero-order valence-corrected chi connectivity index (χ0v) is 11.2. The lowest BCUT2D eigenvalue weighted by molar-refractivity contribution is -0.384. The van der Waals surface area contributed by atoms with Gasteiger partial charge < -0.3 is 5.32 Å². The summed E-state index contributed by atoms with van der Waals surface area (Å²) in [6.07, 6.45) is 4.73. The molecule has 1 aliphatic rings. The first-order valence-electron chi connectivity index (χ1n) is 6.30. The molecule has 0 bridgehead atoms. The third-order valence-electron chi connectivity index (χ3n) is 3.47. The SMILES string of the molecule is O=C(NCCC1CCC1)c1ccc(Cl)c([N+](=O)[O-])c1. The lowest BCUT2D eigenvalue weighted by Gasteiger charge is -2.25. The Balaban J connectivity index is 1.94. The van der Waals surface area contributed by atoms with Gasteiger partial charge in [-0.15, -0.1) is 0 Å². The first-order chi connectivity index (χ1) is 9.08. The van der Waals surface area contributed by atoms with Crippen molar-refractivity contribution in [3.8, 4) is 0 Å². The zero-order valence-electron chi connectivity index (χ0n) is 10.4. The molecule has 5 nitrogen and oxygen atoms in total. The monoisotopic (exact) mass is 282 g/mol. The molecule has 1 aliphatic carbocycles. The molecule has 0 saturated heterocycles. The van der Waals surface area contributed by atoms with Crippen LogP contribution < -0.4 is 5.32 Å². The molecule has 102 valence electrons. The zero-order chi connectivity index (χ0) is 13.8. The summed E-state index contributed by atoms with van der Waals surface area (Å²) in [7, 11) is 0. The van der Waals surface area contributed by atoms with Crippen LogP contribution in [0.5, 0.6) is 0 Å². The van der Waals surface area contributed by atoms with E-state index in [1.54, 1.807) is 0 Å². The quantitative estimate of drug-likeness (QED) is 0.666. The van der Waals surface area contributed by atoms with Gasteiger partial charge in [0, 0.05) is 18.2 Å². The van der Waals surface area contributed by atoms with Crippen molar-refractivity contribution in [2.24, 2.45) is 5.92 Å². The van der Waals surface area contributed by atoms with E-state index >= 15 is 0 Å². The average Bonchev–Trinajstić information content (AvgIpc) is 2.32. The number of benzene rings is 1. The summed E-state index contributed by atoms with van der Waals surface area (Å²) >= 11 is 5.69. The van der Waals surface area contributed by atoms with Crippen molar-refractivity contribution >= 4 is 23.2 Å². The normalized spacial score (nSPS) is 14.8. The number of hydrogen-bond acceptors (Lipinski definition) is 3. The number of nitrogens with one attached hydrogen (secondary N) is 1.